The zero-order valence-electron chi connectivity index (χ0n) is 12.4. The molecule has 0 amide bonds. The van der Waals surface area contributed by atoms with Crippen molar-refractivity contribution in [3.05, 3.63) is 57.8 Å². The van der Waals surface area contributed by atoms with Crippen molar-refractivity contribution in [2.75, 3.05) is 0 Å². The van der Waals surface area contributed by atoms with Gasteiger partial charge in [0.25, 0.3) is 0 Å². The van der Waals surface area contributed by atoms with Crippen molar-refractivity contribution >= 4 is 34.1 Å². The topological polar surface area (TPSA) is 49.6 Å². The summed E-state index contributed by atoms with van der Waals surface area (Å²) in [7, 11) is 0. The SMILES string of the molecule is N#CCc1c(-c2ccccn2)c(C(F)(F)F)nc2c(Cl)cc(Cl)cc12. The van der Waals surface area contributed by atoms with Gasteiger partial charge in [0, 0.05) is 22.2 Å². The Balaban J connectivity index is 2.54. The number of nitriles is 1. The van der Waals surface area contributed by atoms with Crippen LogP contribution >= 0.6 is 23.2 Å². The van der Waals surface area contributed by atoms with Crippen LogP contribution in [-0.4, -0.2) is 9.97 Å². The fourth-order valence-electron chi connectivity index (χ4n) is 2.61. The number of hydrogen-bond acceptors (Lipinski definition) is 3. The van der Waals surface area contributed by atoms with Crippen molar-refractivity contribution in [1.82, 2.24) is 9.97 Å². The highest BCUT2D eigenvalue weighted by Gasteiger charge is 2.38. The van der Waals surface area contributed by atoms with Crippen LogP contribution in [0.1, 0.15) is 11.3 Å². The number of benzene rings is 1. The summed E-state index contributed by atoms with van der Waals surface area (Å²) >= 11 is 12.0. The summed E-state index contributed by atoms with van der Waals surface area (Å²) in [6.45, 7) is 0. The van der Waals surface area contributed by atoms with Gasteiger partial charge in [-0.2, -0.15) is 18.4 Å². The smallest absolute Gasteiger partial charge is 0.256 e. The molecule has 0 aliphatic carbocycles. The number of alkyl halides is 3. The normalized spacial score (nSPS) is 11.5. The monoisotopic (exact) mass is 381 g/mol. The minimum Gasteiger partial charge on any atom is -0.256 e. The number of hydrogen-bond donors (Lipinski definition) is 0. The van der Waals surface area contributed by atoms with Gasteiger partial charge in [-0.1, -0.05) is 29.3 Å². The Morgan fingerprint density at radius 1 is 1.16 bits per heavy atom. The quantitative estimate of drug-likeness (QED) is 0.572. The van der Waals surface area contributed by atoms with Crippen molar-refractivity contribution in [3.63, 3.8) is 0 Å². The van der Waals surface area contributed by atoms with Gasteiger partial charge in [0.15, 0.2) is 5.69 Å². The molecule has 8 heteroatoms. The first-order chi connectivity index (χ1) is 11.8. The number of aromatic nitrogens is 2. The van der Waals surface area contributed by atoms with Crippen molar-refractivity contribution in [2.24, 2.45) is 0 Å². The summed E-state index contributed by atoms with van der Waals surface area (Å²) in [4.78, 5) is 7.74. The predicted octanol–water partition coefficient (Wildman–Crippen LogP) is 5.69. The number of halogens is 5. The van der Waals surface area contributed by atoms with Crippen LogP contribution in [0.4, 0.5) is 13.2 Å². The summed E-state index contributed by atoms with van der Waals surface area (Å²) in [6, 6.07) is 9.25. The molecule has 0 saturated carbocycles. The van der Waals surface area contributed by atoms with Gasteiger partial charge >= 0.3 is 6.18 Å². The number of rotatable bonds is 2. The molecule has 0 unspecified atom stereocenters. The summed E-state index contributed by atoms with van der Waals surface area (Å²) < 4.78 is 41.0. The number of pyridine rings is 2. The van der Waals surface area contributed by atoms with Crippen LogP contribution in [0.5, 0.6) is 0 Å². The van der Waals surface area contributed by atoms with Gasteiger partial charge in [-0.25, -0.2) is 4.98 Å². The van der Waals surface area contributed by atoms with E-state index in [9.17, 15) is 13.2 Å². The highest BCUT2D eigenvalue weighted by molar-refractivity contribution is 6.38. The maximum absolute atomic E-state index is 13.7. The highest BCUT2D eigenvalue weighted by Crippen LogP contribution is 2.42. The average molecular weight is 382 g/mol. The van der Waals surface area contributed by atoms with Gasteiger partial charge in [-0.05, 0) is 29.8 Å². The molecular weight excluding hydrogens is 374 g/mol. The lowest BCUT2D eigenvalue weighted by molar-refractivity contribution is -0.140. The van der Waals surface area contributed by atoms with Crippen molar-refractivity contribution in [2.45, 2.75) is 12.6 Å². The first-order valence-electron chi connectivity index (χ1n) is 7.00. The summed E-state index contributed by atoms with van der Waals surface area (Å²) in [5.41, 5.74) is -1.20. The molecular formula is C17H8Cl2F3N3. The molecule has 0 aliphatic heterocycles. The fourth-order valence-corrected chi connectivity index (χ4v) is 3.14. The van der Waals surface area contributed by atoms with E-state index >= 15 is 0 Å². The summed E-state index contributed by atoms with van der Waals surface area (Å²) in [5, 5.41) is 9.67. The third-order valence-corrected chi connectivity index (χ3v) is 4.07. The first-order valence-corrected chi connectivity index (χ1v) is 7.75. The largest absolute Gasteiger partial charge is 0.434 e. The molecule has 3 nitrogen and oxygen atoms in total. The van der Waals surface area contributed by atoms with Gasteiger partial charge in [0.05, 0.1) is 28.7 Å². The van der Waals surface area contributed by atoms with Crippen LogP contribution in [0.15, 0.2) is 36.5 Å². The zero-order valence-corrected chi connectivity index (χ0v) is 13.9. The minimum atomic E-state index is -4.74. The third kappa shape index (κ3) is 3.26. The molecule has 2 aromatic heterocycles. The molecule has 0 atom stereocenters. The molecule has 3 rings (SSSR count). The Morgan fingerprint density at radius 2 is 1.92 bits per heavy atom. The lowest BCUT2D eigenvalue weighted by Crippen LogP contribution is -2.13. The van der Waals surface area contributed by atoms with E-state index in [1.54, 1.807) is 12.1 Å². The molecule has 0 aliphatic rings. The van der Waals surface area contributed by atoms with E-state index in [4.69, 9.17) is 28.5 Å². The molecule has 126 valence electrons. The molecule has 2 heterocycles. The van der Waals surface area contributed by atoms with E-state index in [2.05, 4.69) is 9.97 Å². The maximum Gasteiger partial charge on any atom is 0.434 e. The molecule has 25 heavy (non-hydrogen) atoms. The van der Waals surface area contributed by atoms with Gasteiger partial charge in [-0.3, -0.25) is 4.98 Å². The van der Waals surface area contributed by atoms with Crippen LogP contribution < -0.4 is 0 Å². The van der Waals surface area contributed by atoms with E-state index in [1.807, 2.05) is 6.07 Å². The Bertz CT molecular complexity index is 996. The predicted molar refractivity (Wildman–Crippen MR) is 89.3 cm³/mol. The van der Waals surface area contributed by atoms with Crippen molar-refractivity contribution in [3.8, 4) is 17.3 Å². The van der Waals surface area contributed by atoms with Gasteiger partial charge in [0.2, 0.25) is 0 Å². The molecule has 3 aromatic rings. The molecule has 0 saturated heterocycles. The summed E-state index contributed by atoms with van der Waals surface area (Å²) in [5.74, 6) is 0. The molecule has 1 aromatic carbocycles. The van der Waals surface area contributed by atoms with Crippen LogP contribution in [0.2, 0.25) is 10.0 Å². The molecule has 0 radical (unpaired) electrons. The van der Waals surface area contributed by atoms with E-state index in [-0.39, 0.29) is 38.8 Å². The number of fused-ring (bicyclic) bond motifs is 1. The maximum atomic E-state index is 13.7. The third-order valence-electron chi connectivity index (χ3n) is 3.56. The Labute approximate surface area is 150 Å². The second-order valence-electron chi connectivity index (χ2n) is 5.15. The van der Waals surface area contributed by atoms with Gasteiger partial charge < -0.3 is 0 Å². The van der Waals surface area contributed by atoms with E-state index < -0.39 is 11.9 Å². The first kappa shape index (κ1) is 17.5. The van der Waals surface area contributed by atoms with Gasteiger partial charge in [-0.15, -0.1) is 0 Å². The molecule has 0 spiro atoms. The number of nitrogens with zero attached hydrogens (tertiary/aromatic N) is 3. The lowest BCUT2D eigenvalue weighted by Gasteiger charge is -2.18. The molecule has 0 fully saturated rings. The standard InChI is InChI=1S/C17H8Cl2F3N3/c18-9-7-11-10(4-5-23)14(13-3-1-2-6-24-13)16(17(20,21)22)25-15(11)12(19)8-9/h1-3,6-8H,4H2. The minimum absolute atomic E-state index is 0.0141. The van der Waals surface area contributed by atoms with Crippen LogP contribution in [0.3, 0.4) is 0 Å². The molecule has 0 N–H and O–H groups in total. The Hall–Kier alpha value is -2.36. The van der Waals surface area contributed by atoms with Crippen LogP contribution in [-0.2, 0) is 12.6 Å². The van der Waals surface area contributed by atoms with E-state index in [1.165, 1.54) is 24.4 Å². The average Bonchev–Trinajstić information content (AvgIpc) is 2.55. The highest BCUT2D eigenvalue weighted by atomic mass is 35.5. The fraction of sp³-hybridized carbons (Fsp3) is 0.118. The second-order valence-corrected chi connectivity index (χ2v) is 5.99. The Morgan fingerprint density at radius 3 is 2.52 bits per heavy atom. The van der Waals surface area contributed by atoms with Crippen molar-refractivity contribution < 1.29 is 13.2 Å². The van der Waals surface area contributed by atoms with E-state index in [0.29, 0.717) is 5.39 Å². The summed E-state index contributed by atoms with van der Waals surface area (Å²) in [6.07, 6.45) is -3.64. The van der Waals surface area contributed by atoms with E-state index in [0.717, 1.165) is 0 Å². The van der Waals surface area contributed by atoms with Crippen LogP contribution in [0, 0.1) is 11.3 Å². The molecule has 0 bridgehead atoms. The van der Waals surface area contributed by atoms with Crippen LogP contribution in [0.25, 0.3) is 22.2 Å². The lowest BCUT2D eigenvalue weighted by atomic mass is 9.95. The second kappa shape index (κ2) is 6.51. The zero-order chi connectivity index (χ0) is 18.2. The van der Waals surface area contributed by atoms with Gasteiger partial charge in [0.1, 0.15) is 0 Å². The van der Waals surface area contributed by atoms with Crippen molar-refractivity contribution in [1.29, 1.82) is 5.26 Å². The Kier molecular flexibility index (Phi) is 4.55.